The van der Waals surface area contributed by atoms with E-state index in [0.717, 1.165) is 21.8 Å². The van der Waals surface area contributed by atoms with Gasteiger partial charge in [-0.15, -0.1) is 0 Å². The van der Waals surface area contributed by atoms with Gasteiger partial charge in [0.15, 0.2) is 0 Å². The number of pyridine rings is 2. The summed E-state index contributed by atoms with van der Waals surface area (Å²) in [6.45, 7) is 0. The summed E-state index contributed by atoms with van der Waals surface area (Å²) in [6.07, 6.45) is 3.62. The third kappa shape index (κ3) is 1.44. The monoisotopic (exact) mass is 196 g/mol. The van der Waals surface area contributed by atoms with Gasteiger partial charge < -0.3 is 0 Å². The molecule has 2 heterocycles. The van der Waals surface area contributed by atoms with E-state index in [2.05, 4.69) is 28.2 Å². The van der Waals surface area contributed by atoms with Crippen LogP contribution in [-0.2, 0) is 0 Å². The third-order valence-electron chi connectivity index (χ3n) is 2.35. The minimum atomic E-state index is 0. The van der Waals surface area contributed by atoms with Crippen LogP contribution in [0.4, 0.5) is 0 Å². The summed E-state index contributed by atoms with van der Waals surface area (Å²) in [5.41, 5.74) is 2.02. The van der Waals surface area contributed by atoms with Crippen molar-refractivity contribution in [1.82, 2.24) is 9.97 Å². The van der Waals surface area contributed by atoms with Crippen LogP contribution in [0.2, 0.25) is 0 Å². The van der Waals surface area contributed by atoms with Crippen molar-refractivity contribution < 1.29 is 0 Å². The molecule has 0 radical (unpaired) electrons. The fourth-order valence-corrected chi connectivity index (χ4v) is 1.70. The lowest BCUT2D eigenvalue weighted by atomic mass is 10.1. The molecule has 0 aliphatic heterocycles. The van der Waals surface area contributed by atoms with Crippen molar-refractivity contribution in [3.05, 3.63) is 48.8 Å². The molecule has 0 aliphatic carbocycles. The smallest absolute Gasteiger partial charge is 0.0795 e. The largest absolute Gasteiger partial charge is 0.256 e. The quantitative estimate of drug-likeness (QED) is 0.515. The SMILES string of the molecule is C.c1cnc2c(c1)ccc1ncccc12. The predicted molar refractivity (Wildman–Crippen MR) is 63.8 cm³/mol. The number of fused-ring (bicyclic) bond motifs is 3. The van der Waals surface area contributed by atoms with Gasteiger partial charge in [0.25, 0.3) is 0 Å². The Balaban J connectivity index is 0.000000853. The molecule has 0 atom stereocenters. The Morgan fingerprint density at radius 1 is 0.800 bits per heavy atom. The molecule has 2 nitrogen and oxygen atoms in total. The lowest BCUT2D eigenvalue weighted by molar-refractivity contribution is 1.39. The van der Waals surface area contributed by atoms with Crippen LogP contribution < -0.4 is 0 Å². The number of rotatable bonds is 0. The van der Waals surface area contributed by atoms with Crippen LogP contribution in [0.1, 0.15) is 7.43 Å². The molecule has 0 bridgehead atoms. The second-order valence-electron chi connectivity index (χ2n) is 3.21. The topological polar surface area (TPSA) is 25.8 Å². The van der Waals surface area contributed by atoms with Crippen LogP contribution in [0.5, 0.6) is 0 Å². The number of hydrogen-bond donors (Lipinski definition) is 0. The zero-order chi connectivity index (χ0) is 9.38. The Kier molecular flexibility index (Phi) is 2.34. The van der Waals surface area contributed by atoms with Gasteiger partial charge in [0, 0.05) is 23.2 Å². The van der Waals surface area contributed by atoms with Gasteiger partial charge in [-0.1, -0.05) is 19.6 Å². The van der Waals surface area contributed by atoms with Crippen LogP contribution in [0, 0.1) is 0 Å². The third-order valence-corrected chi connectivity index (χ3v) is 2.35. The first-order chi connectivity index (χ1) is 6.95. The van der Waals surface area contributed by atoms with Gasteiger partial charge in [0.2, 0.25) is 0 Å². The maximum atomic E-state index is 4.37. The predicted octanol–water partition coefficient (Wildman–Crippen LogP) is 3.42. The second kappa shape index (κ2) is 3.65. The van der Waals surface area contributed by atoms with Crippen LogP contribution in [0.3, 0.4) is 0 Å². The normalized spacial score (nSPS) is 10.1. The Hall–Kier alpha value is -1.96. The van der Waals surface area contributed by atoms with Gasteiger partial charge in [0.05, 0.1) is 11.0 Å². The van der Waals surface area contributed by atoms with E-state index in [9.17, 15) is 0 Å². The minimum Gasteiger partial charge on any atom is -0.256 e. The highest BCUT2D eigenvalue weighted by molar-refractivity contribution is 6.03. The highest BCUT2D eigenvalue weighted by Gasteiger charge is 1.99. The molecule has 3 aromatic rings. The lowest BCUT2D eigenvalue weighted by Crippen LogP contribution is -1.82. The molecule has 2 aromatic heterocycles. The summed E-state index contributed by atoms with van der Waals surface area (Å²) < 4.78 is 0. The van der Waals surface area contributed by atoms with Crippen molar-refractivity contribution in [2.24, 2.45) is 0 Å². The zero-order valence-electron chi connectivity index (χ0n) is 7.51. The van der Waals surface area contributed by atoms with Crippen LogP contribution in [0.25, 0.3) is 21.8 Å². The van der Waals surface area contributed by atoms with E-state index in [1.54, 1.807) is 6.20 Å². The molecular formula is C13H12N2. The van der Waals surface area contributed by atoms with E-state index in [1.165, 1.54) is 0 Å². The van der Waals surface area contributed by atoms with Crippen LogP contribution in [-0.4, -0.2) is 9.97 Å². The molecular weight excluding hydrogens is 184 g/mol. The summed E-state index contributed by atoms with van der Waals surface area (Å²) in [4.78, 5) is 8.66. The number of aromatic nitrogens is 2. The maximum Gasteiger partial charge on any atom is 0.0795 e. The molecule has 74 valence electrons. The summed E-state index contributed by atoms with van der Waals surface area (Å²) in [6, 6.07) is 12.1. The van der Waals surface area contributed by atoms with Crippen molar-refractivity contribution >= 4 is 21.8 Å². The molecule has 0 saturated carbocycles. The van der Waals surface area contributed by atoms with Gasteiger partial charge in [-0.2, -0.15) is 0 Å². The Morgan fingerprint density at radius 3 is 2.53 bits per heavy atom. The standard InChI is InChI=1S/C12H8N2.CH4/c1-3-9-5-6-11-10(4-2-7-13-11)12(9)14-8-1;/h1-8H;1H4. The summed E-state index contributed by atoms with van der Waals surface area (Å²) >= 11 is 0. The molecule has 0 amide bonds. The zero-order valence-corrected chi connectivity index (χ0v) is 7.51. The van der Waals surface area contributed by atoms with Crippen LogP contribution >= 0.6 is 0 Å². The molecule has 0 spiro atoms. The molecule has 0 saturated heterocycles. The van der Waals surface area contributed by atoms with E-state index in [4.69, 9.17) is 0 Å². The molecule has 0 unspecified atom stereocenters. The fourth-order valence-electron chi connectivity index (χ4n) is 1.70. The lowest BCUT2D eigenvalue weighted by Gasteiger charge is -2.00. The van der Waals surface area contributed by atoms with Crippen LogP contribution in [0.15, 0.2) is 48.8 Å². The first kappa shape index (κ1) is 9.59. The highest BCUT2D eigenvalue weighted by atomic mass is 14.7. The molecule has 3 rings (SSSR count). The van der Waals surface area contributed by atoms with Crippen molar-refractivity contribution in [3.8, 4) is 0 Å². The van der Waals surface area contributed by atoms with Gasteiger partial charge >= 0.3 is 0 Å². The summed E-state index contributed by atoms with van der Waals surface area (Å²) in [5.74, 6) is 0. The van der Waals surface area contributed by atoms with Crippen molar-refractivity contribution in [1.29, 1.82) is 0 Å². The number of hydrogen-bond acceptors (Lipinski definition) is 2. The van der Waals surface area contributed by atoms with Crippen molar-refractivity contribution in [3.63, 3.8) is 0 Å². The Labute approximate surface area is 88.6 Å². The Bertz CT molecular complexity index is 548. The molecule has 0 fully saturated rings. The second-order valence-corrected chi connectivity index (χ2v) is 3.21. The maximum absolute atomic E-state index is 4.37. The molecule has 0 N–H and O–H groups in total. The van der Waals surface area contributed by atoms with Gasteiger partial charge in [-0.05, 0) is 24.3 Å². The van der Waals surface area contributed by atoms with E-state index in [-0.39, 0.29) is 7.43 Å². The van der Waals surface area contributed by atoms with Gasteiger partial charge in [-0.25, -0.2) is 0 Å². The molecule has 2 heteroatoms. The highest BCUT2D eigenvalue weighted by Crippen LogP contribution is 2.20. The van der Waals surface area contributed by atoms with Gasteiger partial charge in [-0.3, -0.25) is 9.97 Å². The molecule has 1 aromatic carbocycles. The first-order valence-corrected chi connectivity index (χ1v) is 4.53. The van der Waals surface area contributed by atoms with Crippen molar-refractivity contribution in [2.45, 2.75) is 7.43 Å². The fraction of sp³-hybridized carbons (Fsp3) is 0.0769. The van der Waals surface area contributed by atoms with Gasteiger partial charge in [0.1, 0.15) is 0 Å². The average Bonchev–Trinajstić information content (AvgIpc) is 2.29. The first-order valence-electron chi connectivity index (χ1n) is 4.53. The number of nitrogens with zero attached hydrogens (tertiary/aromatic N) is 2. The average molecular weight is 196 g/mol. The van der Waals surface area contributed by atoms with E-state index in [1.807, 2.05) is 24.4 Å². The number of benzene rings is 1. The summed E-state index contributed by atoms with van der Waals surface area (Å²) in [5, 5.41) is 2.28. The molecule has 0 aliphatic rings. The Morgan fingerprint density at radius 2 is 1.60 bits per heavy atom. The molecule has 15 heavy (non-hydrogen) atoms. The summed E-state index contributed by atoms with van der Waals surface area (Å²) in [7, 11) is 0. The van der Waals surface area contributed by atoms with E-state index < -0.39 is 0 Å². The minimum absolute atomic E-state index is 0. The van der Waals surface area contributed by atoms with E-state index >= 15 is 0 Å². The van der Waals surface area contributed by atoms with E-state index in [0.29, 0.717) is 0 Å². The van der Waals surface area contributed by atoms with Crippen molar-refractivity contribution in [2.75, 3.05) is 0 Å².